The lowest BCUT2D eigenvalue weighted by atomic mass is 10.2. The second-order valence-electron chi connectivity index (χ2n) is 4.20. The molecule has 0 spiro atoms. The second-order valence-corrected chi connectivity index (χ2v) is 6.30. The summed E-state index contributed by atoms with van der Waals surface area (Å²) in [6, 6.07) is 11.0. The van der Waals surface area contributed by atoms with Gasteiger partial charge >= 0.3 is 0 Å². The van der Waals surface area contributed by atoms with E-state index in [1.807, 2.05) is 28.8 Å². The van der Waals surface area contributed by atoms with Crippen LogP contribution in [0.4, 0.5) is 0 Å². The molecule has 3 rings (SSSR count). The van der Waals surface area contributed by atoms with E-state index < -0.39 is 0 Å². The van der Waals surface area contributed by atoms with Crippen LogP contribution in [-0.2, 0) is 6.54 Å². The van der Waals surface area contributed by atoms with Gasteiger partial charge in [-0.15, -0.1) is 11.3 Å². The number of thiophene rings is 1. The molecule has 0 fully saturated rings. The first-order valence-electron chi connectivity index (χ1n) is 5.66. The molecule has 2 nitrogen and oxygen atoms in total. The summed E-state index contributed by atoms with van der Waals surface area (Å²) in [6.07, 6.45) is 1.80. The summed E-state index contributed by atoms with van der Waals surface area (Å²) in [5.74, 6) is 0. The summed E-state index contributed by atoms with van der Waals surface area (Å²) >= 11 is 13.3. The molecule has 0 saturated carbocycles. The lowest BCUT2D eigenvalue weighted by Gasteiger charge is -2.08. The molecule has 96 valence electrons. The molecule has 0 saturated heterocycles. The van der Waals surface area contributed by atoms with E-state index in [-0.39, 0.29) is 5.43 Å². The summed E-state index contributed by atoms with van der Waals surface area (Å²) in [5, 5.41) is 1.39. The molecule has 0 radical (unpaired) electrons. The van der Waals surface area contributed by atoms with Crippen LogP contribution in [0.15, 0.2) is 47.4 Å². The molecular weight excluding hydrogens is 301 g/mol. The Morgan fingerprint density at radius 3 is 2.58 bits per heavy atom. The van der Waals surface area contributed by atoms with E-state index >= 15 is 0 Å². The van der Waals surface area contributed by atoms with Crippen molar-refractivity contribution < 1.29 is 0 Å². The molecule has 3 aromatic rings. The van der Waals surface area contributed by atoms with Crippen molar-refractivity contribution in [3.63, 3.8) is 0 Å². The third-order valence-electron chi connectivity index (χ3n) is 2.88. The van der Waals surface area contributed by atoms with Gasteiger partial charge < -0.3 is 4.57 Å². The van der Waals surface area contributed by atoms with Gasteiger partial charge in [0.1, 0.15) is 4.83 Å². The SMILES string of the molecule is O=c1ccn(Cc2ccc(Cl)cc2)c2sc(Cl)cc12. The summed E-state index contributed by atoms with van der Waals surface area (Å²) in [6.45, 7) is 0.685. The predicted molar refractivity (Wildman–Crippen MR) is 81.6 cm³/mol. The first-order valence-corrected chi connectivity index (χ1v) is 7.24. The van der Waals surface area contributed by atoms with Crippen molar-refractivity contribution >= 4 is 44.8 Å². The fraction of sp³-hybridized carbons (Fsp3) is 0.0714. The molecule has 0 aliphatic heterocycles. The van der Waals surface area contributed by atoms with Gasteiger partial charge in [0.05, 0.1) is 9.72 Å². The number of aromatic nitrogens is 1. The largest absolute Gasteiger partial charge is 0.335 e. The number of rotatable bonds is 2. The van der Waals surface area contributed by atoms with Crippen molar-refractivity contribution in [2.45, 2.75) is 6.54 Å². The van der Waals surface area contributed by atoms with Crippen molar-refractivity contribution in [2.24, 2.45) is 0 Å². The zero-order chi connectivity index (χ0) is 13.4. The fourth-order valence-electron chi connectivity index (χ4n) is 1.97. The first-order chi connectivity index (χ1) is 9.13. The third kappa shape index (κ3) is 2.54. The molecule has 0 aliphatic carbocycles. The molecule has 0 amide bonds. The highest BCUT2D eigenvalue weighted by molar-refractivity contribution is 7.22. The first kappa shape index (κ1) is 12.7. The van der Waals surface area contributed by atoms with Gasteiger partial charge in [0.2, 0.25) is 0 Å². The minimum Gasteiger partial charge on any atom is -0.335 e. The van der Waals surface area contributed by atoms with Gasteiger partial charge in [-0.3, -0.25) is 4.79 Å². The van der Waals surface area contributed by atoms with E-state index in [2.05, 4.69) is 0 Å². The topological polar surface area (TPSA) is 22.0 Å². The number of benzene rings is 1. The van der Waals surface area contributed by atoms with Crippen LogP contribution in [0.1, 0.15) is 5.56 Å². The van der Waals surface area contributed by atoms with Crippen LogP contribution in [-0.4, -0.2) is 4.57 Å². The molecule has 0 aliphatic rings. The van der Waals surface area contributed by atoms with Crippen LogP contribution >= 0.6 is 34.5 Å². The molecule has 0 bridgehead atoms. The smallest absolute Gasteiger partial charge is 0.190 e. The lowest BCUT2D eigenvalue weighted by Crippen LogP contribution is -2.06. The second kappa shape index (κ2) is 5.00. The summed E-state index contributed by atoms with van der Waals surface area (Å²) < 4.78 is 2.65. The Hall–Kier alpha value is -1.29. The lowest BCUT2D eigenvalue weighted by molar-refractivity contribution is 0.832. The number of nitrogens with zero attached hydrogens (tertiary/aromatic N) is 1. The molecule has 0 N–H and O–H groups in total. The molecule has 0 unspecified atom stereocenters. The number of pyridine rings is 1. The van der Waals surface area contributed by atoms with Gasteiger partial charge in [0, 0.05) is 23.8 Å². The Bertz CT molecular complexity index is 789. The van der Waals surface area contributed by atoms with Crippen LogP contribution in [0.5, 0.6) is 0 Å². The van der Waals surface area contributed by atoms with Crippen LogP contribution < -0.4 is 5.43 Å². The molecule has 2 heterocycles. The number of hydrogen-bond donors (Lipinski definition) is 0. The van der Waals surface area contributed by atoms with Gasteiger partial charge in [-0.1, -0.05) is 35.3 Å². The molecule has 2 aromatic heterocycles. The minimum atomic E-state index is 0.00510. The summed E-state index contributed by atoms with van der Waals surface area (Å²) in [4.78, 5) is 12.7. The summed E-state index contributed by atoms with van der Waals surface area (Å²) in [7, 11) is 0. The Labute approximate surface area is 123 Å². The quantitative estimate of drug-likeness (QED) is 0.687. The minimum absolute atomic E-state index is 0.00510. The zero-order valence-electron chi connectivity index (χ0n) is 9.77. The number of halogens is 2. The highest BCUT2D eigenvalue weighted by Gasteiger charge is 2.07. The van der Waals surface area contributed by atoms with E-state index in [0.29, 0.717) is 21.3 Å². The normalized spacial score (nSPS) is 11.1. The standard InChI is InChI=1S/C14H9Cl2NOS/c15-10-3-1-9(2-4-10)8-17-6-5-12(18)11-7-13(16)19-14(11)17/h1-7H,8H2. The maximum absolute atomic E-state index is 11.8. The summed E-state index contributed by atoms with van der Waals surface area (Å²) in [5.41, 5.74) is 1.13. The van der Waals surface area contributed by atoms with Crippen LogP contribution in [0.2, 0.25) is 9.36 Å². The van der Waals surface area contributed by atoms with Gasteiger partial charge in [-0.2, -0.15) is 0 Å². The highest BCUT2D eigenvalue weighted by Crippen LogP contribution is 2.27. The Kier molecular flexibility index (Phi) is 3.35. The van der Waals surface area contributed by atoms with Crippen molar-refractivity contribution in [1.29, 1.82) is 0 Å². The van der Waals surface area contributed by atoms with E-state index in [0.717, 1.165) is 10.4 Å². The molecular formula is C14H9Cl2NOS. The Balaban J connectivity index is 2.08. The van der Waals surface area contributed by atoms with Gasteiger partial charge in [-0.25, -0.2) is 0 Å². The van der Waals surface area contributed by atoms with Crippen LogP contribution in [0.3, 0.4) is 0 Å². The third-order valence-corrected chi connectivity index (χ3v) is 4.43. The molecule has 1 aromatic carbocycles. The monoisotopic (exact) mass is 309 g/mol. The maximum atomic E-state index is 11.8. The van der Waals surface area contributed by atoms with Crippen LogP contribution in [0.25, 0.3) is 10.2 Å². The van der Waals surface area contributed by atoms with Crippen molar-refractivity contribution in [3.05, 3.63) is 67.7 Å². The van der Waals surface area contributed by atoms with Crippen molar-refractivity contribution in [1.82, 2.24) is 4.57 Å². The Morgan fingerprint density at radius 2 is 1.84 bits per heavy atom. The number of fused-ring (bicyclic) bond motifs is 1. The van der Waals surface area contributed by atoms with Crippen LogP contribution in [0, 0.1) is 0 Å². The van der Waals surface area contributed by atoms with Crippen molar-refractivity contribution in [3.8, 4) is 0 Å². The highest BCUT2D eigenvalue weighted by atomic mass is 35.5. The van der Waals surface area contributed by atoms with E-state index in [1.54, 1.807) is 18.3 Å². The van der Waals surface area contributed by atoms with E-state index in [9.17, 15) is 4.79 Å². The average Bonchev–Trinajstić information content (AvgIpc) is 2.78. The van der Waals surface area contributed by atoms with Gasteiger partial charge in [-0.05, 0) is 23.8 Å². The molecule has 0 atom stereocenters. The Morgan fingerprint density at radius 1 is 1.11 bits per heavy atom. The van der Waals surface area contributed by atoms with E-state index in [4.69, 9.17) is 23.2 Å². The predicted octanol–water partition coefficient (Wildman–Crippen LogP) is 4.42. The van der Waals surface area contributed by atoms with Gasteiger partial charge in [0.15, 0.2) is 5.43 Å². The zero-order valence-corrected chi connectivity index (χ0v) is 12.1. The van der Waals surface area contributed by atoms with Gasteiger partial charge in [0.25, 0.3) is 0 Å². The average molecular weight is 310 g/mol. The fourth-order valence-corrected chi connectivity index (χ4v) is 3.30. The van der Waals surface area contributed by atoms with Crippen molar-refractivity contribution in [2.75, 3.05) is 0 Å². The van der Waals surface area contributed by atoms with E-state index in [1.165, 1.54) is 11.3 Å². The maximum Gasteiger partial charge on any atom is 0.190 e. The molecule has 5 heteroatoms. The number of hydrogen-bond acceptors (Lipinski definition) is 2. The molecule has 19 heavy (non-hydrogen) atoms.